The minimum atomic E-state index is -4.96. The first-order valence-electron chi connectivity index (χ1n) is 9.65. The molecule has 5 nitrogen and oxygen atoms in total. The Hall–Kier alpha value is -3.23. The molecular formula is C22H21F4N3O2. The number of halogens is 4. The van der Waals surface area contributed by atoms with E-state index in [1.165, 1.54) is 30.3 Å². The zero-order valence-electron chi connectivity index (χ0n) is 17.2. The van der Waals surface area contributed by atoms with Gasteiger partial charge in [-0.15, -0.1) is 0 Å². The molecule has 0 aliphatic rings. The molecule has 2 aromatic carbocycles. The fourth-order valence-corrected chi connectivity index (χ4v) is 3.35. The third kappa shape index (κ3) is 4.60. The Bertz CT molecular complexity index is 1180. The normalized spacial score (nSPS) is 12.7. The summed E-state index contributed by atoms with van der Waals surface area (Å²) >= 11 is 0. The Balaban J connectivity index is 2.09. The smallest absolute Gasteiger partial charge is 0.350 e. The van der Waals surface area contributed by atoms with Crippen LogP contribution in [0.4, 0.5) is 17.6 Å². The molecule has 1 heterocycles. The highest BCUT2D eigenvalue weighted by molar-refractivity contribution is 5.84. The molecule has 0 spiro atoms. The predicted molar refractivity (Wildman–Crippen MR) is 108 cm³/mol. The number of carbonyl (C=O) groups excluding carboxylic acids is 1. The molecule has 9 heteroatoms. The third-order valence-electron chi connectivity index (χ3n) is 5.15. The van der Waals surface area contributed by atoms with E-state index >= 15 is 0 Å². The maximum atomic E-state index is 13.5. The fourth-order valence-electron chi connectivity index (χ4n) is 3.35. The molecule has 0 bridgehead atoms. The van der Waals surface area contributed by atoms with Crippen molar-refractivity contribution in [2.24, 2.45) is 0 Å². The first-order valence-corrected chi connectivity index (χ1v) is 9.65. The van der Waals surface area contributed by atoms with Gasteiger partial charge in [0, 0.05) is 6.54 Å². The third-order valence-corrected chi connectivity index (χ3v) is 5.15. The molecule has 0 saturated carbocycles. The number of aromatic nitrogens is 2. The van der Waals surface area contributed by atoms with Crippen molar-refractivity contribution in [3.05, 3.63) is 75.0 Å². The van der Waals surface area contributed by atoms with Crippen LogP contribution in [0.5, 0.6) is 0 Å². The van der Waals surface area contributed by atoms with E-state index in [9.17, 15) is 27.2 Å². The lowest BCUT2D eigenvalue weighted by Gasteiger charge is -2.22. The molecule has 1 amide bonds. The Labute approximate surface area is 175 Å². The van der Waals surface area contributed by atoms with Crippen LogP contribution in [-0.4, -0.2) is 15.5 Å². The van der Waals surface area contributed by atoms with Gasteiger partial charge in [-0.25, -0.2) is 9.37 Å². The van der Waals surface area contributed by atoms with Crippen molar-refractivity contribution in [3.8, 4) is 0 Å². The minimum Gasteiger partial charge on any atom is -0.350 e. The van der Waals surface area contributed by atoms with Gasteiger partial charge in [-0.05, 0) is 61.2 Å². The van der Waals surface area contributed by atoms with Crippen LogP contribution < -0.4 is 10.9 Å². The van der Waals surface area contributed by atoms with Crippen molar-refractivity contribution in [2.45, 2.75) is 46.0 Å². The van der Waals surface area contributed by atoms with E-state index in [1.807, 2.05) is 0 Å². The summed E-state index contributed by atoms with van der Waals surface area (Å²) in [5.41, 5.74) is -0.709. The van der Waals surface area contributed by atoms with Gasteiger partial charge in [0.2, 0.25) is 11.6 Å². The minimum absolute atomic E-state index is 0.0141. The van der Waals surface area contributed by atoms with Crippen molar-refractivity contribution in [3.63, 3.8) is 0 Å². The Kier molecular flexibility index (Phi) is 6.15. The lowest BCUT2D eigenvalue weighted by Crippen LogP contribution is -2.40. The fraction of sp³-hybridized carbons (Fsp3) is 0.318. The van der Waals surface area contributed by atoms with Crippen LogP contribution in [0, 0.1) is 19.7 Å². The molecule has 0 fully saturated rings. The molecular weight excluding hydrogens is 414 g/mol. The predicted octanol–water partition coefficient (Wildman–Crippen LogP) is 4.44. The second-order valence-corrected chi connectivity index (χ2v) is 7.33. The summed E-state index contributed by atoms with van der Waals surface area (Å²) in [5.74, 6) is -1.05. The second kappa shape index (κ2) is 8.49. The van der Waals surface area contributed by atoms with Crippen molar-refractivity contribution >= 4 is 16.9 Å². The number of benzene rings is 2. The van der Waals surface area contributed by atoms with E-state index in [1.54, 1.807) is 26.8 Å². The van der Waals surface area contributed by atoms with Gasteiger partial charge < -0.3 is 5.32 Å². The molecule has 31 heavy (non-hydrogen) atoms. The number of nitrogens with one attached hydrogen (secondary N) is 1. The van der Waals surface area contributed by atoms with Gasteiger partial charge in [0.05, 0.1) is 11.0 Å². The van der Waals surface area contributed by atoms with E-state index in [-0.39, 0.29) is 24.0 Å². The van der Waals surface area contributed by atoms with Crippen LogP contribution in [0.2, 0.25) is 0 Å². The van der Waals surface area contributed by atoms with E-state index in [0.29, 0.717) is 11.1 Å². The van der Waals surface area contributed by atoms with E-state index in [4.69, 9.17) is 0 Å². The van der Waals surface area contributed by atoms with Crippen LogP contribution in [0.15, 0.2) is 41.2 Å². The van der Waals surface area contributed by atoms with Crippen molar-refractivity contribution in [1.82, 2.24) is 14.9 Å². The maximum Gasteiger partial charge on any atom is 0.438 e. The zero-order valence-corrected chi connectivity index (χ0v) is 17.2. The Morgan fingerprint density at radius 3 is 2.32 bits per heavy atom. The zero-order chi connectivity index (χ0) is 22.9. The van der Waals surface area contributed by atoms with E-state index in [2.05, 4.69) is 10.3 Å². The topological polar surface area (TPSA) is 64.0 Å². The molecule has 1 N–H and O–H groups in total. The molecule has 0 aliphatic heterocycles. The van der Waals surface area contributed by atoms with Crippen molar-refractivity contribution in [1.29, 1.82) is 0 Å². The number of alkyl halides is 3. The van der Waals surface area contributed by atoms with Crippen LogP contribution in [0.25, 0.3) is 11.0 Å². The summed E-state index contributed by atoms with van der Waals surface area (Å²) in [7, 11) is 0. The van der Waals surface area contributed by atoms with Gasteiger partial charge in [-0.2, -0.15) is 13.2 Å². The molecule has 0 radical (unpaired) electrons. The molecule has 0 aliphatic carbocycles. The molecule has 1 atom stereocenters. The summed E-state index contributed by atoms with van der Waals surface area (Å²) in [6, 6.07) is 7.30. The lowest BCUT2D eigenvalue weighted by molar-refractivity contribution is -0.142. The molecule has 164 valence electrons. The average Bonchev–Trinajstić information content (AvgIpc) is 2.70. The summed E-state index contributed by atoms with van der Waals surface area (Å²) < 4.78 is 54.4. The number of hydrogen-bond acceptors (Lipinski definition) is 3. The lowest BCUT2D eigenvalue weighted by atomic mass is 10.1. The number of aryl methyl sites for hydroxylation is 2. The van der Waals surface area contributed by atoms with Gasteiger partial charge in [0.15, 0.2) is 0 Å². The summed E-state index contributed by atoms with van der Waals surface area (Å²) in [6.07, 6.45) is -4.88. The summed E-state index contributed by atoms with van der Waals surface area (Å²) in [6.45, 7) is 5.13. The highest BCUT2D eigenvalue weighted by Gasteiger charge is 2.38. The molecule has 1 aromatic heterocycles. The van der Waals surface area contributed by atoms with Crippen molar-refractivity contribution in [2.75, 3.05) is 0 Å². The number of nitrogens with zero attached hydrogens (tertiary/aromatic N) is 2. The number of amides is 1. The highest BCUT2D eigenvalue weighted by atomic mass is 19.4. The van der Waals surface area contributed by atoms with Crippen LogP contribution in [0.1, 0.15) is 41.8 Å². The number of rotatable bonds is 5. The highest BCUT2D eigenvalue weighted by Crippen LogP contribution is 2.29. The molecule has 3 rings (SSSR count). The van der Waals surface area contributed by atoms with Gasteiger partial charge >= 0.3 is 6.18 Å². The first kappa shape index (κ1) is 22.5. The van der Waals surface area contributed by atoms with Crippen molar-refractivity contribution < 1.29 is 22.4 Å². The van der Waals surface area contributed by atoms with Crippen LogP contribution in [0.3, 0.4) is 0 Å². The molecule has 0 saturated heterocycles. The molecule has 0 unspecified atom stereocenters. The van der Waals surface area contributed by atoms with Crippen LogP contribution in [-0.2, 0) is 17.5 Å². The number of fused-ring (bicyclic) bond motifs is 1. The van der Waals surface area contributed by atoms with Gasteiger partial charge in [-0.1, -0.05) is 19.1 Å². The Morgan fingerprint density at radius 2 is 1.74 bits per heavy atom. The second-order valence-electron chi connectivity index (χ2n) is 7.33. The van der Waals surface area contributed by atoms with Gasteiger partial charge in [0.25, 0.3) is 5.56 Å². The van der Waals surface area contributed by atoms with Crippen LogP contribution >= 0.6 is 0 Å². The Morgan fingerprint density at radius 1 is 1.13 bits per heavy atom. The maximum absolute atomic E-state index is 13.5. The number of hydrogen-bond donors (Lipinski definition) is 1. The first-order chi connectivity index (χ1) is 14.5. The summed E-state index contributed by atoms with van der Waals surface area (Å²) in [5, 5.41) is 2.62. The number of carbonyl (C=O) groups is 1. The van der Waals surface area contributed by atoms with E-state index in [0.717, 1.165) is 10.1 Å². The monoisotopic (exact) mass is 435 g/mol. The largest absolute Gasteiger partial charge is 0.438 e. The van der Waals surface area contributed by atoms with Gasteiger partial charge in [-0.3, -0.25) is 14.2 Å². The van der Waals surface area contributed by atoms with Gasteiger partial charge in [0.1, 0.15) is 11.9 Å². The van der Waals surface area contributed by atoms with E-state index < -0.39 is 35.2 Å². The SMILES string of the molecule is CC[C@@H](C(=O)NCc1ccc(F)cc1)n1c(=O)c(C(F)(F)F)nc2cc(C)c(C)cc21. The molecule has 3 aromatic rings. The quantitative estimate of drug-likeness (QED) is 0.603. The standard InChI is InChI=1S/C22H21F4N3O2/c1-4-17(20(30)27-11-14-5-7-15(23)8-6-14)29-18-10-13(3)12(2)9-16(18)28-19(21(29)31)22(24,25)26/h5-10,17H,4,11H2,1-3H3,(H,27,30)/t17-/m0/s1. The average molecular weight is 435 g/mol. The summed E-state index contributed by atoms with van der Waals surface area (Å²) in [4.78, 5) is 29.2.